The molecule has 0 atom stereocenters. The van der Waals surface area contributed by atoms with Crippen LogP contribution in [0.4, 0.5) is 5.82 Å². The summed E-state index contributed by atoms with van der Waals surface area (Å²) in [7, 11) is 1.55. The van der Waals surface area contributed by atoms with Gasteiger partial charge >= 0.3 is 0 Å². The van der Waals surface area contributed by atoms with Crippen molar-refractivity contribution < 1.29 is 14.0 Å². The monoisotopic (exact) mass is 263 g/mol. The fraction of sp³-hybridized carbons (Fsp3) is 0.0909. The Hall–Kier alpha value is -2.28. The molecule has 3 aromatic rings. The van der Waals surface area contributed by atoms with Crippen LogP contribution in [0.3, 0.4) is 0 Å². The lowest BCUT2D eigenvalue weighted by Crippen LogP contribution is -1.90. The standard InChI is InChI=1S/C11H9N3O3S/c1-15-7-4-6(16-11-13-2-3-18-11)5-8-9(7)10(12)14-17-8/h2-5H,1H3,(H2,12,14). The molecule has 0 amide bonds. The summed E-state index contributed by atoms with van der Waals surface area (Å²) in [6.45, 7) is 0. The fourth-order valence-corrected chi connectivity index (χ4v) is 2.12. The van der Waals surface area contributed by atoms with Gasteiger partial charge in [-0.25, -0.2) is 4.98 Å². The number of rotatable bonds is 3. The van der Waals surface area contributed by atoms with E-state index < -0.39 is 0 Å². The summed E-state index contributed by atoms with van der Waals surface area (Å²) in [4.78, 5) is 4.04. The molecule has 3 rings (SSSR count). The Morgan fingerprint density at radius 2 is 2.28 bits per heavy atom. The highest BCUT2D eigenvalue weighted by Crippen LogP contribution is 2.36. The van der Waals surface area contributed by atoms with Gasteiger partial charge < -0.3 is 19.7 Å². The van der Waals surface area contributed by atoms with Crippen molar-refractivity contribution >= 4 is 28.1 Å². The molecule has 2 N–H and O–H groups in total. The first-order valence-electron chi connectivity index (χ1n) is 5.08. The van der Waals surface area contributed by atoms with Crippen LogP contribution in [-0.4, -0.2) is 17.3 Å². The second-order valence-electron chi connectivity index (χ2n) is 3.47. The third-order valence-electron chi connectivity index (χ3n) is 2.37. The molecule has 7 heteroatoms. The fourth-order valence-electron chi connectivity index (χ4n) is 1.62. The van der Waals surface area contributed by atoms with Crippen molar-refractivity contribution in [3.05, 3.63) is 23.7 Å². The number of fused-ring (bicyclic) bond motifs is 1. The largest absolute Gasteiger partial charge is 0.496 e. The maximum Gasteiger partial charge on any atom is 0.278 e. The molecule has 2 aromatic heterocycles. The number of hydrogen-bond acceptors (Lipinski definition) is 7. The molecule has 0 fully saturated rings. The van der Waals surface area contributed by atoms with Crippen LogP contribution in [0.15, 0.2) is 28.2 Å². The Morgan fingerprint density at radius 3 is 3.00 bits per heavy atom. The lowest BCUT2D eigenvalue weighted by Gasteiger charge is -2.05. The van der Waals surface area contributed by atoms with E-state index in [4.69, 9.17) is 19.7 Å². The molecule has 0 unspecified atom stereocenters. The van der Waals surface area contributed by atoms with Crippen molar-refractivity contribution in [2.45, 2.75) is 0 Å². The highest BCUT2D eigenvalue weighted by molar-refractivity contribution is 7.11. The van der Waals surface area contributed by atoms with Gasteiger partial charge in [-0.05, 0) is 0 Å². The number of thiazole rings is 1. The number of methoxy groups -OCH3 is 1. The van der Waals surface area contributed by atoms with Gasteiger partial charge in [-0.1, -0.05) is 16.5 Å². The highest BCUT2D eigenvalue weighted by atomic mass is 32.1. The van der Waals surface area contributed by atoms with Gasteiger partial charge in [0.15, 0.2) is 11.4 Å². The topological polar surface area (TPSA) is 83.4 Å². The van der Waals surface area contributed by atoms with E-state index in [-0.39, 0.29) is 0 Å². The van der Waals surface area contributed by atoms with Crippen molar-refractivity contribution in [1.82, 2.24) is 10.1 Å². The van der Waals surface area contributed by atoms with Crippen molar-refractivity contribution in [1.29, 1.82) is 0 Å². The third kappa shape index (κ3) is 1.74. The second-order valence-corrected chi connectivity index (χ2v) is 4.32. The van der Waals surface area contributed by atoms with Crippen LogP contribution < -0.4 is 15.2 Å². The molecular weight excluding hydrogens is 254 g/mol. The first kappa shape index (κ1) is 10.8. The van der Waals surface area contributed by atoms with Crippen molar-refractivity contribution in [3.63, 3.8) is 0 Å². The van der Waals surface area contributed by atoms with Gasteiger partial charge in [0.05, 0.1) is 7.11 Å². The first-order chi connectivity index (χ1) is 8.78. The van der Waals surface area contributed by atoms with Crippen LogP contribution >= 0.6 is 11.3 Å². The van der Waals surface area contributed by atoms with Crippen LogP contribution in [0.5, 0.6) is 16.7 Å². The molecule has 0 aliphatic rings. The zero-order valence-corrected chi connectivity index (χ0v) is 10.2. The Kier molecular flexibility index (Phi) is 2.52. The number of nitrogen functional groups attached to an aromatic ring is 1. The lowest BCUT2D eigenvalue weighted by atomic mass is 10.2. The van der Waals surface area contributed by atoms with Gasteiger partial charge in [0.25, 0.3) is 5.19 Å². The normalized spacial score (nSPS) is 10.7. The van der Waals surface area contributed by atoms with E-state index in [0.717, 1.165) is 0 Å². The minimum Gasteiger partial charge on any atom is -0.496 e. The molecule has 0 saturated heterocycles. The predicted molar refractivity (Wildman–Crippen MR) is 67.2 cm³/mol. The smallest absolute Gasteiger partial charge is 0.278 e. The van der Waals surface area contributed by atoms with Gasteiger partial charge in [0.2, 0.25) is 0 Å². The summed E-state index contributed by atoms with van der Waals surface area (Å²) in [5, 5.41) is 6.72. The van der Waals surface area contributed by atoms with Crippen molar-refractivity contribution in [2.24, 2.45) is 0 Å². The SMILES string of the molecule is COc1cc(Oc2nccs2)cc2onc(N)c12. The molecule has 0 saturated carbocycles. The van der Waals surface area contributed by atoms with Crippen LogP contribution in [0.25, 0.3) is 11.0 Å². The molecule has 2 heterocycles. The Labute approximate surface area is 106 Å². The average molecular weight is 263 g/mol. The van der Waals surface area contributed by atoms with Gasteiger partial charge in [-0.2, -0.15) is 0 Å². The number of ether oxygens (including phenoxy) is 2. The summed E-state index contributed by atoms with van der Waals surface area (Å²) in [6.07, 6.45) is 1.67. The summed E-state index contributed by atoms with van der Waals surface area (Å²) in [6, 6.07) is 3.42. The number of aromatic nitrogens is 2. The number of hydrogen-bond donors (Lipinski definition) is 1. The van der Waals surface area contributed by atoms with E-state index in [2.05, 4.69) is 10.1 Å². The molecule has 0 radical (unpaired) electrons. The molecule has 92 valence electrons. The van der Waals surface area contributed by atoms with Crippen LogP contribution in [0.1, 0.15) is 0 Å². The van der Waals surface area contributed by atoms with Crippen molar-refractivity contribution in [2.75, 3.05) is 12.8 Å². The van der Waals surface area contributed by atoms with E-state index in [0.29, 0.717) is 33.5 Å². The number of nitrogens with zero attached hydrogens (tertiary/aromatic N) is 2. The zero-order chi connectivity index (χ0) is 12.5. The molecule has 0 aliphatic carbocycles. The zero-order valence-electron chi connectivity index (χ0n) is 9.41. The maximum atomic E-state index is 5.70. The van der Waals surface area contributed by atoms with Crippen molar-refractivity contribution in [3.8, 4) is 16.7 Å². The van der Waals surface area contributed by atoms with Gasteiger partial charge in [0, 0.05) is 23.7 Å². The maximum absolute atomic E-state index is 5.70. The third-order valence-corrected chi connectivity index (χ3v) is 3.02. The summed E-state index contributed by atoms with van der Waals surface area (Å²) in [5.41, 5.74) is 6.22. The van der Waals surface area contributed by atoms with Gasteiger partial charge in [-0.15, -0.1) is 0 Å². The Balaban J connectivity index is 2.08. The summed E-state index contributed by atoms with van der Waals surface area (Å²) < 4.78 is 15.9. The van der Waals surface area contributed by atoms with Gasteiger partial charge in [0.1, 0.15) is 16.9 Å². The number of nitrogens with two attached hydrogens (primary N) is 1. The number of anilines is 1. The molecule has 0 spiro atoms. The highest BCUT2D eigenvalue weighted by Gasteiger charge is 2.14. The Bertz CT molecular complexity index is 678. The Morgan fingerprint density at radius 1 is 1.39 bits per heavy atom. The van der Waals surface area contributed by atoms with E-state index >= 15 is 0 Å². The minimum absolute atomic E-state index is 0.294. The van der Waals surface area contributed by atoms with Gasteiger partial charge in [-0.3, -0.25) is 0 Å². The summed E-state index contributed by atoms with van der Waals surface area (Å²) in [5.74, 6) is 1.41. The number of benzene rings is 1. The minimum atomic E-state index is 0.294. The molecule has 18 heavy (non-hydrogen) atoms. The molecule has 1 aromatic carbocycles. The first-order valence-corrected chi connectivity index (χ1v) is 5.96. The van der Waals surface area contributed by atoms with Crippen LogP contribution in [0.2, 0.25) is 0 Å². The van der Waals surface area contributed by atoms with E-state index in [9.17, 15) is 0 Å². The average Bonchev–Trinajstić information content (AvgIpc) is 2.99. The van der Waals surface area contributed by atoms with E-state index in [1.54, 1.807) is 25.4 Å². The predicted octanol–water partition coefficient (Wildman–Crippen LogP) is 2.67. The summed E-state index contributed by atoms with van der Waals surface area (Å²) >= 11 is 1.40. The second kappa shape index (κ2) is 4.19. The molecular formula is C11H9N3O3S. The van der Waals surface area contributed by atoms with Crippen LogP contribution in [-0.2, 0) is 0 Å². The van der Waals surface area contributed by atoms with E-state index in [1.807, 2.05) is 5.38 Å². The molecule has 0 aliphatic heterocycles. The van der Waals surface area contributed by atoms with Crippen LogP contribution in [0, 0.1) is 0 Å². The molecule has 6 nitrogen and oxygen atoms in total. The quantitative estimate of drug-likeness (QED) is 0.782. The lowest BCUT2D eigenvalue weighted by molar-refractivity contribution is 0.412. The molecule has 0 bridgehead atoms. The van der Waals surface area contributed by atoms with E-state index in [1.165, 1.54) is 11.3 Å².